The summed E-state index contributed by atoms with van der Waals surface area (Å²) in [6.07, 6.45) is 2.13. The van der Waals surface area contributed by atoms with Gasteiger partial charge in [0.25, 0.3) is 5.91 Å². The Morgan fingerprint density at radius 3 is 2.74 bits per heavy atom. The normalized spacial score (nSPS) is 14.7. The molecule has 1 aliphatic rings. The molecule has 0 atom stereocenters. The van der Waals surface area contributed by atoms with E-state index in [1.807, 2.05) is 33.0 Å². The standard InChI is InChI=1S/C18H17FN2OS/c19-14-6-2-1-5-13(14)12-21-15-7-10-23-17(15)11-16(21)18(22)20-8-3-4-9-20/h1-2,5-7,10-11H,3-4,8-9,12H2. The van der Waals surface area contributed by atoms with Crippen LogP contribution in [0.4, 0.5) is 4.39 Å². The number of halogens is 1. The molecule has 23 heavy (non-hydrogen) atoms. The van der Waals surface area contributed by atoms with Crippen molar-refractivity contribution >= 4 is 27.5 Å². The van der Waals surface area contributed by atoms with Crippen LogP contribution >= 0.6 is 11.3 Å². The fourth-order valence-corrected chi connectivity index (χ4v) is 4.03. The summed E-state index contributed by atoms with van der Waals surface area (Å²) in [6, 6.07) is 10.7. The molecule has 1 amide bonds. The third-order valence-electron chi connectivity index (χ3n) is 4.42. The molecule has 3 heterocycles. The third-order valence-corrected chi connectivity index (χ3v) is 5.27. The Morgan fingerprint density at radius 1 is 1.17 bits per heavy atom. The van der Waals surface area contributed by atoms with Gasteiger partial charge in [-0.05, 0) is 36.4 Å². The number of benzene rings is 1. The molecule has 4 rings (SSSR count). The van der Waals surface area contributed by atoms with Crippen LogP contribution in [0.1, 0.15) is 28.9 Å². The second-order valence-corrected chi connectivity index (χ2v) is 6.82. The van der Waals surface area contributed by atoms with Crippen LogP contribution < -0.4 is 0 Å². The molecule has 1 fully saturated rings. The molecule has 1 saturated heterocycles. The maximum absolute atomic E-state index is 14.0. The van der Waals surface area contributed by atoms with E-state index >= 15 is 0 Å². The summed E-state index contributed by atoms with van der Waals surface area (Å²) < 4.78 is 17.1. The largest absolute Gasteiger partial charge is 0.337 e. The maximum atomic E-state index is 14.0. The van der Waals surface area contributed by atoms with E-state index < -0.39 is 0 Å². The Hall–Kier alpha value is -2.14. The molecule has 1 aliphatic heterocycles. The van der Waals surface area contributed by atoms with Gasteiger partial charge in [0.15, 0.2) is 0 Å². The minimum atomic E-state index is -0.232. The van der Waals surface area contributed by atoms with Gasteiger partial charge >= 0.3 is 0 Å². The average Bonchev–Trinajstić information content (AvgIpc) is 3.26. The summed E-state index contributed by atoms with van der Waals surface area (Å²) in [6.45, 7) is 2.01. The zero-order valence-corrected chi connectivity index (χ0v) is 13.5. The van der Waals surface area contributed by atoms with Crippen molar-refractivity contribution in [2.24, 2.45) is 0 Å². The van der Waals surface area contributed by atoms with Crippen molar-refractivity contribution in [3.8, 4) is 0 Å². The van der Waals surface area contributed by atoms with Gasteiger partial charge in [-0.1, -0.05) is 18.2 Å². The average molecular weight is 328 g/mol. The van der Waals surface area contributed by atoms with Crippen LogP contribution in [-0.4, -0.2) is 28.5 Å². The first-order chi connectivity index (χ1) is 11.2. The van der Waals surface area contributed by atoms with E-state index in [9.17, 15) is 9.18 Å². The van der Waals surface area contributed by atoms with Gasteiger partial charge in [-0.3, -0.25) is 4.79 Å². The van der Waals surface area contributed by atoms with Gasteiger partial charge in [-0.2, -0.15) is 0 Å². The second kappa shape index (κ2) is 5.81. The first kappa shape index (κ1) is 14.5. The second-order valence-electron chi connectivity index (χ2n) is 5.88. The van der Waals surface area contributed by atoms with Gasteiger partial charge in [0.1, 0.15) is 11.5 Å². The van der Waals surface area contributed by atoms with Crippen LogP contribution in [0.15, 0.2) is 41.8 Å². The molecule has 0 aliphatic carbocycles. The van der Waals surface area contributed by atoms with E-state index in [-0.39, 0.29) is 11.7 Å². The van der Waals surface area contributed by atoms with Gasteiger partial charge in [-0.25, -0.2) is 4.39 Å². The van der Waals surface area contributed by atoms with Crippen LogP contribution in [0.25, 0.3) is 10.2 Å². The van der Waals surface area contributed by atoms with Gasteiger partial charge in [0, 0.05) is 18.7 Å². The maximum Gasteiger partial charge on any atom is 0.270 e. The topological polar surface area (TPSA) is 25.2 Å². The number of hydrogen-bond acceptors (Lipinski definition) is 2. The quantitative estimate of drug-likeness (QED) is 0.710. The SMILES string of the molecule is O=C(c1cc2sccc2n1Cc1ccccc1F)N1CCCC1. The smallest absolute Gasteiger partial charge is 0.270 e. The van der Waals surface area contributed by atoms with Gasteiger partial charge in [-0.15, -0.1) is 11.3 Å². The van der Waals surface area contributed by atoms with E-state index in [1.54, 1.807) is 23.5 Å². The molecule has 0 saturated carbocycles. The molecule has 0 N–H and O–H groups in total. The predicted octanol–water partition coefficient (Wildman–Crippen LogP) is 4.13. The van der Waals surface area contributed by atoms with Crippen LogP contribution in [-0.2, 0) is 6.54 Å². The highest BCUT2D eigenvalue weighted by Gasteiger charge is 2.24. The van der Waals surface area contributed by atoms with Gasteiger partial charge in [0.2, 0.25) is 0 Å². The fourth-order valence-electron chi connectivity index (χ4n) is 3.20. The van der Waals surface area contributed by atoms with Crippen molar-refractivity contribution in [3.63, 3.8) is 0 Å². The van der Waals surface area contributed by atoms with E-state index in [4.69, 9.17) is 0 Å². The molecule has 2 aromatic heterocycles. The van der Waals surface area contributed by atoms with Crippen molar-refractivity contribution in [2.75, 3.05) is 13.1 Å². The summed E-state index contributed by atoms with van der Waals surface area (Å²) in [5.74, 6) is -0.175. The van der Waals surface area contributed by atoms with Crippen molar-refractivity contribution in [1.82, 2.24) is 9.47 Å². The first-order valence-corrected chi connectivity index (χ1v) is 8.71. The molecule has 3 nitrogen and oxygen atoms in total. The van der Waals surface area contributed by atoms with Crippen molar-refractivity contribution < 1.29 is 9.18 Å². The monoisotopic (exact) mass is 328 g/mol. The van der Waals surface area contributed by atoms with E-state index in [0.717, 1.165) is 36.1 Å². The lowest BCUT2D eigenvalue weighted by Crippen LogP contribution is -2.29. The number of thiophene rings is 1. The Balaban J connectivity index is 1.77. The van der Waals surface area contributed by atoms with Crippen molar-refractivity contribution in [3.05, 3.63) is 58.9 Å². The summed E-state index contributed by atoms with van der Waals surface area (Å²) in [5.41, 5.74) is 2.27. The lowest BCUT2D eigenvalue weighted by Gasteiger charge is -2.17. The van der Waals surface area contributed by atoms with Gasteiger partial charge < -0.3 is 9.47 Å². The Kier molecular flexibility index (Phi) is 3.65. The van der Waals surface area contributed by atoms with Crippen LogP contribution in [0, 0.1) is 5.82 Å². The minimum absolute atomic E-state index is 0.0576. The predicted molar refractivity (Wildman–Crippen MR) is 90.5 cm³/mol. The third kappa shape index (κ3) is 2.55. The van der Waals surface area contributed by atoms with E-state index in [1.165, 1.54) is 6.07 Å². The molecule has 0 bridgehead atoms. The lowest BCUT2D eigenvalue weighted by atomic mass is 10.2. The zero-order chi connectivity index (χ0) is 15.8. The van der Waals surface area contributed by atoms with Crippen LogP contribution in [0.3, 0.4) is 0 Å². The summed E-state index contributed by atoms with van der Waals surface area (Å²) in [4.78, 5) is 14.7. The van der Waals surface area contributed by atoms with E-state index in [2.05, 4.69) is 0 Å². The van der Waals surface area contributed by atoms with Crippen LogP contribution in [0.2, 0.25) is 0 Å². The summed E-state index contributed by atoms with van der Waals surface area (Å²) >= 11 is 1.61. The van der Waals surface area contributed by atoms with Crippen LogP contribution in [0.5, 0.6) is 0 Å². The number of aromatic nitrogens is 1. The fraction of sp³-hybridized carbons (Fsp3) is 0.278. The molecule has 0 unspecified atom stereocenters. The number of carbonyl (C=O) groups excluding carboxylic acids is 1. The van der Waals surface area contributed by atoms with Crippen molar-refractivity contribution in [2.45, 2.75) is 19.4 Å². The molecule has 1 aromatic carbocycles. The zero-order valence-electron chi connectivity index (χ0n) is 12.7. The highest BCUT2D eigenvalue weighted by molar-refractivity contribution is 7.17. The van der Waals surface area contributed by atoms with Gasteiger partial charge in [0.05, 0.1) is 16.8 Å². The lowest BCUT2D eigenvalue weighted by molar-refractivity contribution is 0.0783. The Morgan fingerprint density at radius 2 is 1.96 bits per heavy atom. The molecule has 5 heteroatoms. The molecular formula is C18H17FN2OS. The molecule has 0 spiro atoms. The minimum Gasteiger partial charge on any atom is -0.337 e. The number of hydrogen-bond donors (Lipinski definition) is 0. The number of carbonyl (C=O) groups is 1. The van der Waals surface area contributed by atoms with E-state index in [0.29, 0.717) is 17.8 Å². The molecular weight excluding hydrogens is 311 g/mol. The first-order valence-electron chi connectivity index (χ1n) is 7.83. The number of amides is 1. The highest BCUT2D eigenvalue weighted by atomic mass is 32.1. The number of fused-ring (bicyclic) bond motifs is 1. The molecule has 118 valence electrons. The van der Waals surface area contributed by atoms with Crippen molar-refractivity contribution in [1.29, 1.82) is 0 Å². The summed E-state index contributed by atoms with van der Waals surface area (Å²) in [5, 5.41) is 2.01. The molecule has 3 aromatic rings. The molecule has 0 radical (unpaired) electrons. The Bertz CT molecular complexity index is 861. The summed E-state index contributed by atoms with van der Waals surface area (Å²) in [7, 11) is 0. The number of likely N-dealkylation sites (tertiary alicyclic amines) is 1. The number of nitrogens with zero attached hydrogens (tertiary/aromatic N) is 2. The Labute approximate surface area is 138 Å². The highest BCUT2D eigenvalue weighted by Crippen LogP contribution is 2.28. The number of rotatable bonds is 3.